The van der Waals surface area contributed by atoms with E-state index in [1.54, 1.807) is 35.1 Å². The number of hydrogen-bond acceptors (Lipinski definition) is 4. The third kappa shape index (κ3) is 3.57. The summed E-state index contributed by atoms with van der Waals surface area (Å²) in [6.07, 6.45) is 8.15. The summed E-state index contributed by atoms with van der Waals surface area (Å²) < 4.78 is 3.07. The van der Waals surface area contributed by atoms with Crippen molar-refractivity contribution >= 4 is 23.2 Å². The highest BCUT2D eigenvalue weighted by Gasteiger charge is 2.17. The number of benzene rings is 1. The number of fused-ring (bicyclic) bond motifs is 1. The Hall–Kier alpha value is -3.65. The maximum Gasteiger partial charge on any atom is 0.295 e. The van der Waals surface area contributed by atoms with Crippen LogP contribution in [0.15, 0.2) is 66.5 Å². The first-order valence-electron chi connectivity index (χ1n) is 8.83. The van der Waals surface area contributed by atoms with Crippen molar-refractivity contribution in [1.29, 1.82) is 0 Å². The van der Waals surface area contributed by atoms with Crippen molar-refractivity contribution < 1.29 is 4.79 Å². The fourth-order valence-electron chi connectivity index (χ4n) is 3.03. The Kier molecular flexibility index (Phi) is 5.01. The van der Waals surface area contributed by atoms with Gasteiger partial charge >= 0.3 is 0 Å². The van der Waals surface area contributed by atoms with Gasteiger partial charge in [0.05, 0.1) is 12.2 Å². The van der Waals surface area contributed by atoms with Gasteiger partial charge in [-0.15, -0.1) is 6.58 Å². The topological polar surface area (TPSA) is 97.1 Å². The molecular weight excluding hydrogens is 392 g/mol. The second-order valence-corrected chi connectivity index (χ2v) is 6.68. The van der Waals surface area contributed by atoms with Crippen LogP contribution >= 0.6 is 11.6 Å². The highest BCUT2D eigenvalue weighted by molar-refractivity contribution is 6.33. The van der Waals surface area contributed by atoms with Crippen LogP contribution in [-0.4, -0.2) is 29.8 Å². The number of nitrogens with one attached hydrogen (secondary N) is 2. The molecule has 3 aromatic heterocycles. The number of amides is 1. The number of H-pyrrole nitrogens is 1. The van der Waals surface area contributed by atoms with E-state index in [0.717, 1.165) is 0 Å². The van der Waals surface area contributed by atoms with E-state index in [0.29, 0.717) is 22.1 Å². The van der Waals surface area contributed by atoms with Crippen LogP contribution in [-0.2, 0) is 13.1 Å². The van der Waals surface area contributed by atoms with Crippen LogP contribution in [0.3, 0.4) is 0 Å². The number of carbonyl (C=O) groups excluding carboxylic acids is 1. The van der Waals surface area contributed by atoms with Gasteiger partial charge in [-0.3, -0.25) is 18.6 Å². The molecule has 8 nitrogen and oxygen atoms in total. The summed E-state index contributed by atoms with van der Waals surface area (Å²) in [5, 5.41) is 3.24. The number of imidazole rings is 2. The van der Waals surface area contributed by atoms with Crippen LogP contribution in [0.25, 0.3) is 16.9 Å². The van der Waals surface area contributed by atoms with E-state index < -0.39 is 5.91 Å². The molecule has 29 heavy (non-hydrogen) atoms. The molecule has 0 unspecified atom stereocenters. The Morgan fingerprint density at radius 3 is 2.86 bits per heavy atom. The van der Waals surface area contributed by atoms with Crippen LogP contribution in [0.2, 0.25) is 5.02 Å². The fraction of sp³-hybridized carbons (Fsp3) is 0.100. The minimum absolute atomic E-state index is 0.134. The highest BCUT2D eigenvalue weighted by Crippen LogP contribution is 2.27. The Morgan fingerprint density at radius 1 is 1.31 bits per heavy atom. The van der Waals surface area contributed by atoms with E-state index in [1.165, 1.54) is 10.8 Å². The Bertz CT molecular complexity index is 1260. The molecule has 0 aliphatic heterocycles. The molecule has 2 N–H and O–H groups in total. The molecule has 0 bridgehead atoms. The third-order valence-electron chi connectivity index (χ3n) is 4.39. The lowest BCUT2D eigenvalue weighted by Gasteiger charge is -2.13. The summed E-state index contributed by atoms with van der Waals surface area (Å²) in [4.78, 5) is 36.7. The zero-order valence-corrected chi connectivity index (χ0v) is 16.1. The van der Waals surface area contributed by atoms with Gasteiger partial charge in [0.1, 0.15) is 11.5 Å². The van der Waals surface area contributed by atoms with Gasteiger partial charge in [-0.05, 0) is 6.07 Å². The number of allylic oxidation sites excluding steroid dienone is 1. The molecule has 0 radical (unpaired) electrons. The van der Waals surface area contributed by atoms with Gasteiger partial charge in [-0.1, -0.05) is 35.9 Å². The average molecular weight is 409 g/mol. The van der Waals surface area contributed by atoms with Crippen LogP contribution in [0.5, 0.6) is 0 Å². The minimum atomic E-state index is -0.404. The van der Waals surface area contributed by atoms with Crippen LogP contribution in [0, 0.1) is 0 Å². The summed E-state index contributed by atoms with van der Waals surface area (Å²) in [6, 6.07) is 7.25. The molecule has 0 aliphatic rings. The quantitative estimate of drug-likeness (QED) is 0.479. The predicted molar refractivity (Wildman–Crippen MR) is 110 cm³/mol. The van der Waals surface area contributed by atoms with Crippen molar-refractivity contribution in [2.45, 2.75) is 13.1 Å². The smallest absolute Gasteiger partial charge is 0.295 e. The zero-order chi connectivity index (χ0) is 20.4. The van der Waals surface area contributed by atoms with Gasteiger partial charge in [0.15, 0.2) is 0 Å². The lowest BCUT2D eigenvalue weighted by molar-refractivity contribution is 0.0945. The second-order valence-electron chi connectivity index (χ2n) is 6.27. The first kappa shape index (κ1) is 18.7. The highest BCUT2D eigenvalue weighted by atomic mass is 35.5. The van der Waals surface area contributed by atoms with Gasteiger partial charge in [0.25, 0.3) is 11.5 Å². The van der Waals surface area contributed by atoms with E-state index in [1.807, 2.05) is 18.2 Å². The summed E-state index contributed by atoms with van der Waals surface area (Å²) in [5.41, 5.74) is 1.24. The fourth-order valence-corrected chi connectivity index (χ4v) is 3.27. The number of aromatic amines is 1. The average Bonchev–Trinajstić information content (AvgIpc) is 3.38. The molecule has 3 heterocycles. The van der Waals surface area contributed by atoms with Crippen molar-refractivity contribution in [3.8, 4) is 11.3 Å². The lowest BCUT2D eigenvalue weighted by Crippen LogP contribution is -2.24. The second kappa shape index (κ2) is 7.76. The van der Waals surface area contributed by atoms with Crippen molar-refractivity contribution in [1.82, 2.24) is 29.2 Å². The number of halogens is 1. The first-order chi connectivity index (χ1) is 14.1. The molecule has 1 amide bonds. The molecule has 0 spiro atoms. The van der Waals surface area contributed by atoms with Crippen molar-refractivity contribution in [3.63, 3.8) is 0 Å². The number of rotatable bonds is 6. The third-order valence-corrected chi connectivity index (χ3v) is 4.72. The van der Waals surface area contributed by atoms with E-state index in [2.05, 4.69) is 26.8 Å². The molecule has 9 heteroatoms. The number of nitrogens with zero attached hydrogens (tertiary/aromatic N) is 4. The van der Waals surface area contributed by atoms with Gasteiger partial charge in [-0.25, -0.2) is 9.97 Å². The van der Waals surface area contributed by atoms with Crippen LogP contribution in [0.4, 0.5) is 0 Å². The molecule has 0 saturated heterocycles. The van der Waals surface area contributed by atoms with Crippen molar-refractivity contribution in [2.75, 3.05) is 0 Å². The van der Waals surface area contributed by atoms with Gasteiger partial charge in [0.2, 0.25) is 5.65 Å². The maximum atomic E-state index is 13.0. The van der Waals surface area contributed by atoms with Crippen LogP contribution in [0.1, 0.15) is 16.3 Å². The van der Waals surface area contributed by atoms with Crippen molar-refractivity contribution in [2.24, 2.45) is 0 Å². The molecule has 0 atom stereocenters. The Morgan fingerprint density at radius 2 is 2.14 bits per heavy atom. The van der Waals surface area contributed by atoms with Crippen molar-refractivity contribution in [3.05, 3.63) is 88.6 Å². The summed E-state index contributed by atoms with van der Waals surface area (Å²) in [6.45, 7) is 4.23. The Balaban J connectivity index is 1.77. The molecule has 0 saturated carbocycles. The molecule has 4 rings (SSSR count). The monoisotopic (exact) mass is 408 g/mol. The van der Waals surface area contributed by atoms with Gasteiger partial charge < -0.3 is 10.3 Å². The zero-order valence-electron chi connectivity index (χ0n) is 15.3. The Labute approximate surface area is 170 Å². The molecule has 0 aliphatic carbocycles. The summed E-state index contributed by atoms with van der Waals surface area (Å²) >= 11 is 6.34. The summed E-state index contributed by atoms with van der Waals surface area (Å²) in [7, 11) is 0. The standard InChI is InChI=1S/C20H17ClN6O2/c1-2-9-27-16(13-5-3-4-6-14(13)21)12-26-11-15(25-18(26)20(27)29)19(28)24-10-17-22-7-8-23-17/h2-8,11-12H,1,9-10H2,(H,22,23)(H,24,28). The molecular formula is C20H17ClN6O2. The largest absolute Gasteiger partial charge is 0.347 e. The molecule has 146 valence electrons. The molecule has 0 fully saturated rings. The van der Waals surface area contributed by atoms with Gasteiger partial charge in [0, 0.05) is 41.9 Å². The number of carbonyl (C=O) groups is 1. The molecule has 4 aromatic rings. The van der Waals surface area contributed by atoms with E-state index in [4.69, 9.17) is 11.6 Å². The predicted octanol–water partition coefficient (Wildman–Crippen LogP) is 2.66. The normalized spacial score (nSPS) is 10.9. The van der Waals surface area contributed by atoms with E-state index in [9.17, 15) is 9.59 Å². The molecule has 1 aromatic carbocycles. The summed E-state index contributed by atoms with van der Waals surface area (Å²) in [5.74, 6) is 0.218. The lowest BCUT2D eigenvalue weighted by atomic mass is 10.1. The number of hydrogen-bond donors (Lipinski definition) is 2. The SMILES string of the molecule is C=CCn1c(-c2ccccc2Cl)cn2cc(C(=O)NCc3ncc[nH]3)nc2c1=O. The van der Waals surface area contributed by atoms with E-state index in [-0.39, 0.29) is 30.0 Å². The first-order valence-corrected chi connectivity index (χ1v) is 9.21. The van der Waals surface area contributed by atoms with Crippen LogP contribution < -0.4 is 10.9 Å². The van der Waals surface area contributed by atoms with Gasteiger partial charge in [-0.2, -0.15) is 0 Å². The maximum absolute atomic E-state index is 13.0. The number of aromatic nitrogens is 5. The minimum Gasteiger partial charge on any atom is -0.347 e. The van der Waals surface area contributed by atoms with E-state index >= 15 is 0 Å².